The van der Waals surface area contributed by atoms with Crippen LogP contribution >= 0.6 is 22.9 Å². The molecular formula is C19H18ClN5OS. The van der Waals surface area contributed by atoms with Gasteiger partial charge < -0.3 is 10.6 Å². The number of halogens is 1. The number of rotatable bonds is 3. The highest BCUT2D eigenvalue weighted by molar-refractivity contribution is 7.22. The van der Waals surface area contributed by atoms with E-state index in [4.69, 9.17) is 22.3 Å². The van der Waals surface area contributed by atoms with Crippen LogP contribution in [0.3, 0.4) is 0 Å². The fraction of sp³-hybridized carbons (Fsp3) is 0.316. The minimum atomic E-state index is -0.140. The summed E-state index contributed by atoms with van der Waals surface area (Å²) in [6, 6.07) is 11.3. The Bertz CT molecular complexity index is 1100. The van der Waals surface area contributed by atoms with Crippen molar-refractivity contribution in [2.75, 3.05) is 18.0 Å². The Hall–Kier alpha value is -2.40. The maximum atomic E-state index is 13.2. The molecule has 27 heavy (non-hydrogen) atoms. The summed E-state index contributed by atoms with van der Waals surface area (Å²) in [5, 5.41) is 9.40. The van der Waals surface area contributed by atoms with Crippen LogP contribution in [0.4, 0.5) is 5.95 Å². The number of thiophene rings is 1. The molecule has 4 rings (SSSR count). The van der Waals surface area contributed by atoms with Crippen LogP contribution in [0.25, 0.3) is 10.2 Å². The molecule has 0 unspecified atom stereocenters. The van der Waals surface area contributed by atoms with Crippen molar-refractivity contribution in [3.8, 4) is 6.07 Å². The summed E-state index contributed by atoms with van der Waals surface area (Å²) < 4.78 is 2.70. The third-order valence-corrected chi connectivity index (χ3v) is 6.03. The highest BCUT2D eigenvalue weighted by Gasteiger charge is 2.23. The molecule has 1 atom stereocenters. The lowest BCUT2D eigenvalue weighted by Crippen LogP contribution is -2.45. The van der Waals surface area contributed by atoms with E-state index in [-0.39, 0.29) is 18.1 Å². The van der Waals surface area contributed by atoms with Gasteiger partial charge in [0.25, 0.3) is 5.56 Å². The van der Waals surface area contributed by atoms with E-state index in [9.17, 15) is 10.1 Å². The highest BCUT2D eigenvalue weighted by atomic mass is 35.5. The number of nitriles is 1. The number of hydrogen-bond donors (Lipinski definition) is 1. The van der Waals surface area contributed by atoms with E-state index in [2.05, 4.69) is 11.0 Å². The molecule has 1 aliphatic heterocycles. The third kappa shape index (κ3) is 3.44. The fourth-order valence-electron chi connectivity index (χ4n) is 3.48. The lowest BCUT2D eigenvalue weighted by atomic mass is 10.1. The van der Waals surface area contributed by atoms with Gasteiger partial charge in [-0.3, -0.25) is 9.36 Å². The van der Waals surface area contributed by atoms with Crippen LogP contribution < -0.4 is 16.2 Å². The van der Waals surface area contributed by atoms with Gasteiger partial charge in [0.1, 0.15) is 4.70 Å². The quantitative estimate of drug-likeness (QED) is 0.731. The molecule has 0 bridgehead atoms. The zero-order chi connectivity index (χ0) is 19.0. The Morgan fingerprint density at radius 2 is 2.22 bits per heavy atom. The van der Waals surface area contributed by atoms with E-state index in [1.807, 2.05) is 18.2 Å². The molecule has 0 spiro atoms. The highest BCUT2D eigenvalue weighted by Crippen LogP contribution is 2.28. The predicted octanol–water partition coefficient (Wildman–Crippen LogP) is 2.96. The van der Waals surface area contributed by atoms with Crippen LogP contribution in [0.15, 0.2) is 35.1 Å². The van der Waals surface area contributed by atoms with Crippen LogP contribution in [0.2, 0.25) is 4.34 Å². The number of aromatic nitrogens is 2. The lowest BCUT2D eigenvalue weighted by Gasteiger charge is -2.33. The van der Waals surface area contributed by atoms with Gasteiger partial charge in [0, 0.05) is 19.1 Å². The summed E-state index contributed by atoms with van der Waals surface area (Å²) in [7, 11) is 0. The van der Waals surface area contributed by atoms with Gasteiger partial charge in [-0.25, -0.2) is 4.98 Å². The van der Waals surface area contributed by atoms with Gasteiger partial charge in [-0.2, -0.15) is 5.26 Å². The van der Waals surface area contributed by atoms with E-state index in [0.29, 0.717) is 32.6 Å². The molecule has 1 saturated heterocycles. The summed E-state index contributed by atoms with van der Waals surface area (Å²) >= 11 is 7.36. The molecule has 0 amide bonds. The Morgan fingerprint density at radius 3 is 3.00 bits per heavy atom. The summed E-state index contributed by atoms with van der Waals surface area (Å²) in [4.78, 5) is 20.0. The SMILES string of the molecule is N#Cc1ccccc1Cn1c(N2CCC[C@@H](N)C2)nc2cc(Cl)sc2c1=O. The van der Waals surface area contributed by atoms with E-state index >= 15 is 0 Å². The first-order chi connectivity index (χ1) is 13.1. The first kappa shape index (κ1) is 18.0. The van der Waals surface area contributed by atoms with Crippen molar-refractivity contribution in [1.82, 2.24) is 9.55 Å². The third-order valence-electron chi connectivity index (χ3n) is 4.79. The Morgan fingerprint density at radius 1 is 1.41 bits per heavy atom. The molecule has 1 fully saturated rings. The summed E-state index contributed by atoms with van der Waals surface area (Å²) in [6.45, 7) is 1.72. The molecule has 0 radical (unpaired) electrons. The Balaban J connectivity index is 1.88. The van der Waals surface area contributed by atoms with E-state index in [0.717, 1.165) is 24.9 Å². The molecule has 8 heteroatoms. The van der Waals surface area contributed by atoms with Gasteiger partial charge >= 0.3 is 0 Å². The van der Waals surface area contributed by atoms with E-state index in [1.54, 1.807) is 16.7 Å². The van der Waals surface area contributed by atoms with Crippen molar-refractivity contribution in [1.29, 1.82) is 5.26 Å². The Labute approximate surface area is 165 Å². The van der Waals surface area contributed by atoms with Gasteiger partial charge in [0.15, 0.2) is 0 Å². The normalized spacial score (nSPS) is 17.2. The van der Waals surface area contributed by atoms with Gasteiger partial charge in [-0.05, 0) is 30.5 Å². The number of fused-ring (bicyclic) bond motifs is 1. The van der Waals surface area contributed by atoms with Crippen LogP contribution in [0, 0.1) is 11.3 Å². The van der Waals surface area contributed by atoms with Crippen molar-refractivity contribution in [2.45, 2.75) is 25.4 Å². The second-order valence-corrected chi connectivity index (χ2v) is 8.37. The maximum Gasteiger partial charge on any atom is 0.273 e. The zero-order valence-corrected chi connectivity index (χ0v) is 16.1. The maximum absolute atomic E-state index is 13.2. The lowest BCUT2D eigenvalue weighted by molar-refractivity contribution is 0.492. The van der Waals surface area contributed by atoms with E-state index in [1.165, 1.54) is 11.3 Å². The second kappa shape index (κ2) is 7.31. The van der Waals surface area contributed by atoms with Gasteiger partial charge in [-0.1, -0.05) is 29.8 Å². The molecule has 6 nitrogen and oxygen atoms in total. The summed E-state index contributed by atoms with van der Waals surface area (Å²) in [5.41, 5.74) is 7.95. The van der Waals surface area contributed by atoms with Gasteiger partial charge in [-0.15, -0.1) is 11.3 Å². The molecule has 0 saturated carbocycles. The largest absolute Gasteiger partial charge is 0.341 e. The molecule has 2 N–H and O–H groups in total. The first-order valence-electron chi connectivity index (χ1n) is 8.75. The fourth-order valence-corrected chi connectivity index (χ4v) is 4.59. The standard InChI is InChI=1S/C19H18ClN5OS/c20-16-8-15-17(27-16)18(26)25(10-13-5-2-1-4-12(13)9-21)19(23-15)24-7-3-6-14(22)11-24/h1-2,4-5,8,14H,3,6-7,10-11,22H2/t14-/m1/s1. The van der Waals surface area contributed by atoms with Crippen molar-refractivity contribution < 1.29 is 0 Å². The number of benzene rings is 1. The number of nitrogens with two attached hydrogens (primary N) is 1. The number of piperidine rings is 1. The van der Waals surface area contributed by atoms with Crippen molar-refractivity contribution in [3.05, 3.63) is 56.1 Å². The summed E-state index contributed by atoms with van der Waals surface area (Å²) in [6.07, 6.45) is 1.92. The minimum absolute atomic E-state index is 0.0530. The monoisotopic (exact) mass is 399 g/mol. The second-order valence-electron chi connectivity index (χ2n) is 6.69. The van der Waals surface area contributed by atoms with Crippen LogP contribution in [0.1, 0.15) is 24.0 Å². The first-order valence-corrected chi connectivity index (χ1v) is 9.94. The van der Waals surface area contributed by atoms with Crippen LogP contribution in [0.5, 0.6) is 0 Å². The van der Waals surface area contributed by atoms with Gasteiger partial charge in [0.05, 0.1) is 28.0 Å². The molecule has 2 aromatic heterocycles. The average molecular weight is 400 g/mol. The Kier molecular flexibility index (Phi) is 4.87. The minimum Gasteiger partial charge on any atom is -0.341 e. The number of anilines is 1. The van der Waals surface area contributed by atoms with E-state index < -0.39 is 0 Å². The molecule has 0 aliphatic carbocycles. The van der Waals surface area contributed by atoms with Crippen molar-refractivity contribution in [2.24, 2.45) is 5.73 Å². The van der Waals surface area contributed by atoms with Crippen LogP contribution in [-0.2, 0) is 6.54 Å². The molecular weight excluding hydrogens is 382 g/mol. The van der Waals surface area contributed by atoms with Crippen molar-refractivity contribution in [3.63, 3.8) is 0 Å². The van der Waals surface area contributed by atoms with Gasteiger partial charge in [0.2, 0.25) is 5.95 Å². The smallest absolute Gasteiger partial charge is 0.273 e. The number of hydrogen-bond acceptors (Lipinski definition) is 6. The zero-order valence-electron chi connectivity index (χ0n) is 14.6. The number of nitrogens with zero attached hydrogens (tertiary/aromatic N) is 4. The molecule has 3 aromatic rings. The topological polar surface area (TPSA) is 87.9 Å². The molecule has 3 heterocycles. The molecule has 138 valence electrons. The average Bonchev–Trinajstić information content (AvgIpc) is 3.05. The molecule has 1 aliphatic rings. The predicted molar refractivity (Wildman–Crippen MR) is 109 cm³/mol. The molecule has 1 aromatic carbocycles. The van der Waals surface area contributed by atoms with Crippen molar-refractivity contribution >= 4 is 39.1 Å². The van der Waals surface area contributed by atoms with Crippen LogP contribution in [-0.4, -0.2) is 28.7 Å². The summed E-state index contributed by atoms with van der Waals surface area (Å²) in [5.74, 6) is 0.588.